The lowest BCUT2D eigenvalue weighted by molar-refractivity contribution is 0.0768. The minimum absolute atomic E-state index is 0. The second-order valence-corrected chi connectivity index (χ2v) is 7.99. The van der Waals surface area contributed by atoms with Crippen LogP contribution in [0.15, 0.2) is 18.2 Å². The van der Waals surface area contributed by atoms with Crippen molar-refractivity contribution in [3.8, 4) is 0 Å². The number of ether oxygens (including phenoxy) is 1. The third-order valence-corrected chi connectivity index (χ3v) is 6.71. The van der Waals surface area contributed by atoms with Crippen LogP contribution in [0.2, 0.25) is 0 Å². The topological polar surface area (TPSA) is 24.5 Å². The highest BCUT2D eigenvalue weighted by Crippen LogP contribution is 2.45. The molecule has 3 fully saturated rings. The Kier molecular flexibility index (Phi) is 3.21. The maximum atomic E-state index is 13.7. The summed E-state index contributed by atoms with van der Waals surface area (Å²) in [5.74, 6) is 0.641. The number of likely N-dealkylation sites (tertiary alicyclic amines) is 1. The van der Waals surface area contributed by atoms with Crippen molar-refractivity contribution >= 4 is 5.69 Å². The molecule has 1 N–H and O–H groups in total. The minimum atomic E-state index is -0.103. The van der Waals surface area contributed by atoms with Crippen LogP contribution in [0.5, 0.6) is 0 Å². The highest BCUT2D eigenvalue weighted by molar-refractivity contribution is 5.60. The molecule has 126 valence electrons. The third kappa shape index (κ3) is 2.30. The summed E-state index contributed by atoms with van der Waals surface area (Å²) in [5.41, 5.74) is 2.50. The molecule has 4 heterocycles. The van der Waals surface area contributed by atoms with Gasteiger partial charge in [0.05, 0.1) is 12.2 Å². The molecular formula is C19H27FN2O. The number of nitrogens with one attached hydrogen (secondary N) is 1. The minimum Gasteiger partial charge on any atom is -0.384 e. The molecular weight excluding hydrogens is 291 g/mol. The van der Waals surface area contributed by atoms with Crippen LogP contribution in [0.25, 0.3) is 0 Å². The summed E-state index contributed by atoms with van der Waals surface area (Å²) in [5, 5.41) is 3.49. The Balaban J connectivity index is 0.00000146. The number of benzene rings is 1. The van der Waals surface area contributed by atoms with Gasteiger partial charge in [-0.25, -0.2) is 4.39 Å². The molecule has 1 aromatic carbocycles. The summed E-state index contributed by atoms with van der Waals surface area (Å²) in [6.45, 7) is 4.43. The van der Waals surface area contributed by atoms with Gasteiger partial charge < -0.3 is 15.0 Å². The van der Waals surface area contributed by atoms with Crippen molar-refractivity contribution in [2.45, 2.75) is 49.7 Å². The van der Waals surface area contributed by atoms with E-state index in [1.807, 2.05) is 6.07 Å². The zero-order valence-electron chi connectivity index (χ0n) is 13.6. The summed E-state index contributed by atoms with van der Waals surface area (Å²) in [7, 11) is 0. The molecule has 3 atom stereocenters. The van der Waals surface area contributed by atoms with Gasteiger partial charge in [0.15, 0.2) is 0 Å². The number of halogens is 1. The Morgan fingerprint density at radius 1 is 1.30 bits per heavy atom. The van der Waals surface area contributed by atoms with Crippen LogP contribution >= 0.6 is 0 Å². The summed E-state index contributed by atoms with van der Waals surface area (Å²) >= 11 is 0. The highest BCUT2D eigenvalue weighted by Gasteiger charge is 2.44. The maximum absolute atomic E-state index is 13.7. The number of anilines is 1. The van der Waals surface area contributed by atoms with E-state index in [-0.39, 0.29) is 12.7 Å². The van der Waals surface area contributed by atoms with Crippen LogP contribution in [0, 0.1) is 11.7 Å². The van der Waals surface area contributed by atoms with Crippen molar-refractivity contribution in [1.82, 2.24) is 4.90 Å². The number of hydrogen-bond donors (Lipinski definition) is 1. The molecule has 0 amide bonds. The number of hydrogen-bond acceptors (Lipinski definition) is 3. The van der Waals surface area contributed by atoms with Crippen molar-refractivity contribution in [3.63, 3.8) is 0 Å². The molecule has 0 aliphatic carbocycles. The quantitative estimate of drug-likeness (QED) is 0.904. The van der Waals surface area contributed by atoms with Crippen LogP contribution in [-0.4, -0.2) is 43.3 Å². The molecule has 4 aliphatic rings. The first-order chi connectivity index (χ1) is 11.2. The van der Waals surface area contributed by atoms with Crippen molar-refractivity contribution < 1.29 is 10.6 Å². The van der Waals surface area contributed by atoms with Gasteiger partial charge in [-0.2, -0.15) is 0 Å². The summed E-state index contributed by atoms with van der Waals surface area (Å²) in [6.07, 6.45) is 7.16. The van der Waals surface area contributed by atoms with E-state index in [0.717, 1.165) is 44.1 Å². The zero-order chi connectivity index (χ0) is 15.4. The zero-order valence-corrected chi connectivity index (χ0v) is 13.6. The number of rotatable bonds is 2. The second-order valence-electron chi connectivity index (χ2n) is 7.99. The molecule has 3 saturated heterocycles. The Bertz CT molecular complexity index is 617. The third-order valence-electron chi connectivity index (χ3n) is 6.71. The van der Waals surface area contributed by atoms with Crippen LogP contribution in [0.4, 0.5) is 10.1 Å². The van der Waals surface area contributed by atoms with Crippen LogP contribution < -0.4 is 5.32 Å². The van der Waals surface area contributed by atoms with E-state index in [9.17, 15) is 4.39 Å². The lowest BCUT2D eigenvalue weighted by Gasteiger charge is -2.40. The molecule has 0 unspecified atom stereocenters. The average Bonchev–Trinajstić information content (AvgIpc) is 3.25. The van der Waals surface area contributed by atoms with Crippen molar-refractivity contribution in [3.05, 3.63) is 29.6 Å². The van der Waals surface area contributed by atoms with Crippen molar-refractivity contribution in [1.29, 1.82) is 0 Å². The Morgan fingerprint density at radius 3 is 2.91 bits per heavy atom. The number of nitrogens with zero attached hydrogens (tertiary/aromatic N) is 1. The van der Waals surface area contributed by atoms with Gasteiger partial charge in [-0.05, 0) is 69.0 Å². The van der Waals surface area contributed by atoms with Crippen LogP contribution in [0.3, 0.4) is 0 Å². The molecule has 4 aliphatic heterocycles. The molecule has 0 radical (unpaired) electrons. The summed E-state index contributed by atoms with van der Waals surface area (Å²) in [6, 6.07) is 5.22. The highest BCUT2D eigenvalue weighted by atomic mass is 19.1. The van der Waals surface area contributed by atoms with E-state index in [4.69, 9.17) is 4.74 Å². The van der Waals surface area contributed by atoms with E-state index >= 15 is 0 Å². The Labute approximate surface area is 138 Å². The molecule has 3 nitrogen and oxygen atoms in total. The van der Waals surface area contributed by atoms with E-state index in [1.54, 1.807) is 12.1 Å². The Hall–Kier alpha value is -1.13. The molecule has 23 heavy (non-hydrogen) atoms. The molecule has 1 aromatic rings. The lowest BCUT2D eigenvalue weighted by Crippen LogP contribution is -2.46. The van der Waals surface area contributed by atoms with Gasteiger partial charge in [0.2, 0.25) is 0 Å². The summed E-state index contributed by atoms with van der Waals surface area (Å²) in [4.78, 5) is 2.62. The molecule has 2 bridgehead atoms. The summed E-state index contributed by atoms with van der Waals surface area (Å²) < 4.78 is 19.7. The van der Waals surface area contributed by atoms with Crippen molar-refractivity contribution in [2.75, 3.05) is 31.5 Å². The molecule has 0 saturated carbocycles. The lowest BCUT2D eigenvalue weighted by atomic mass is 9.74. The van der Waals surface area contributed by atoms with Crippen molar-refractivity contribution in [2.24, 2.45) is 5.92 Å². The fraction of sp³-hybridized carbons (Fsp3) is 0.684. The van der Waals surface area contributed by atoms with E-state index < -0.39 is 0 Å². The maximum Gasteiger partial charge on any atom is 0.123 e. The van der Waals surface area contributed by atoms with Crippen LogP contribution in [0.1, 0.15) is 39.1 Å². The van der Waals surface area contributed by atoms with Gasteiger partial charge in [-0.1, -0.05) is 0 Å². The standard InChI is InChI=1S/C19H25FN2O.H2/c20-14-1-3-17-16(10-14)19(12-21-17)5-7-22(8-6-19)11-13-9-15-2-4-18(13)23-15;/h1,3,10,13,15,18,21H,2,4-9,11-12H2;1H/t13-,15-,18+;/m1./s1. The molecule has 0 aromatic heterocycles. The normalized spacial score (nSPS) is 34.7. The van der Waals surface area contributed by atoms with E-state index in [0.29, 0.717) is 12.2 Å². The smallest absolute Gasteiger partial charge is 0.123 e. The average molecular weight is 318 g/mol. The SMILES string of the molecule is Fc1ccc2c(c1)C1(CCN(C[C@H]3C[C@H]4CC[C@@H]3O4)CC1)CN2.[HH]. The second kappa shape index (κ2) is 5.18. The number of piperidine rings is 1. The number of fused-ring (bicyclic) bond motifs is 4. The van der Waals surface area contributed by atoms with Gasteiger partial charge in [-0.3, -0.25) is 0 Å². The first-order valence-corrected chi connectivity index (χ1v) is 9.14. The monoisotopic (exact) mass is 318 g/mol. The van der Waals surface area contributed by atoms with Gasteiger partial charge in [0.1, 0.15) is 5.82 Å². The predicted octanol–water partition coefficient (Wildman–Crippen LogP) is 3.40. The van der Waals surface area contributed by atoms with Gasteiger partial charge in [-0.15, -0.1) is 0 Å². The largest absolute Gasteiger partial charge is 0.384 e. The Morgan fingerprint density at radius 2 is 2.17 bits per heavy atom. The predicted molar refractivity (Wildman–Crippen MR) is 90.4 cm³/mol. The fourth-order valence-corrected chi connectivity index (χ4v) is 5.35. The van der Waals surface area contributed by atoms with Crippen LogP contribution in [-0.2, 0) is 10.2 Å². The van der Waals surface area contributed by atoms with Gasteiger partial charge in [0, 0.05) is 31.5 Å². The van der Waals surface area contributed by atoms with Gasteiger partial charge in [0.25, 0.3) is 0 Å². The molecule has 5 rings (SSSR count). The molecule has 4 heteroatoms. The van der Waals surface area contributed by atoms with E-state index in [1.165, 1.54) is 31.4 Å². The first kappa shape index (κ1) is 14.2. The molecule has 1 spiro atoms. The first-order valence-electron chi connectivity index (χ1n) is 9.14. The van der Waals surface area contributed by atoms with E-state index in [2.05, 4.69) is 10.2 Å². The van der Waals surface area contributed by atoms with Gasteiger partial charge >= 0.3 is 0 Å². The fourth-order valence-electron chi connectivity index (χ4n) is 5.35.